The summed E-state index contributed by atoms with van der Waals surface area (Å²) >= 11 is 8.60. The van der Waals surface area contributed by atoms with Gasteiger partial charge in [-0.15, -0.1) is 0 Å². The van der Waals surface area contributed by atoms with Crippen LogP contribution < -0.4 is 5.73 Å². The lowest BCUT2D eigenvalue weighted by atomic mass is 10.1. The lowest BCUT2D eigenvalue weighted by Crippen LogP contribution is -2.25. The maximum atomic E-state index is 13.1. The summed E-state index contributed by atoms with van der Waals surface area (Å²) < 4.78 is 26.5. The zero-order valence-electron chi connectivity index (χ0n) is 6.53. The molecule has 13 heavy (non-hydrogen) atoms. The summed E-state index contributed by atoms with van der Waals surface area (Å²) in [5, 5.41) is 0.270. The zero-order chi connectivity index (χ0) is 10.1. The molecule has 0 aliphatic heterocycles. The maximum absolute atomic E-state index is 13.1. The minimum atomic E-state index is -3.04. The monoisotopic (exact) mass is 269 g/mol. The summed E-state index contributed by atoms with van der Waals surface area (Å²) in [5.74, 6) is -3.04. The first-order valence-electron chi connectivity index (χ1n) is 3.51. The van der Waals surface area contributed by atoms with Crippen LogP contribution in [-0.4, -0.2) is 6.54 Å². The van der Waals surface area contributed by atoms with Gasteiger partial charge < -0.3 is 5.73 Å². The van der Waals surface area contributed by atoms with Gasteiger partial charge in [-0.25, -0.2) is 0 Å². The van der Waals surface area contributed by atoms with E-state index in [1.807, 2.05) is 0 Å². The average Bonchev–Trinajstić information content (AvgIpc) is 2.09. The van der Waals surface area contributed by atoms with Crippen LogP contribution in [0.4, 0.5) is 8.78 Å². The van der Waals surface area contributed by atoms with E-state index < -0.39 is 12.5 Å². The standard InChI is InChI=1S/C8H7BrClF2N/c9-7-2-1-5(10)3-6(7)8(11,12)4-13/h1-3H,4,13H2. The predicted molar refractivity (Wildman–Crippen MR) is 52.1 cm³/mol. The van der Waals surface area contributed by atoms with Gasteiger partial charge >= 0.3 is 0 Å². The van der Waals surface area contributed by atoms with Gasteiger partial charge in [0, 0.05) is 15.1 Å². The van der Waals surface area contributed by atoms with E-state index in [0.717, 1.165) is 0 Å². The van der Waals surface area contributed by atoms with Crippen LogP contribution in [0.15, 0.2) is 22.7 Å². The molecule has 0 fully saturated rings. The first-order chi connectivity index (χ1) is 5.97. The highest BCUT2D eigenvalue weighted by molar-refractivity contribution is 9.10. The highest BCUT2D eigenvalue weighted by atomic mass is 79.9. The first kappa shape index (κ1) is 10.9. The van der Waals surface area contributed by atoms with Gasteiger partial charge in [0.1, 0.15) is 0 Å². The Morgan fingerprint density at radius 3 is 2.62 bits per heavy atom. The van der Waals surface area contributed by atoms with Crippen molar-refractivity contribution in [1.82, 2.24) is 0 Å². The van der Waals surface area contributed by atoms with Crippen molar-refractivity contribution in [3.05, 3.63) is 33.3 Å². The molecule has 0 unspecified atom stereocenters. The topological polar surface area (TPSA) is 26.0 Å². The Bertz CT molecular complexity index is 317. The summed E-state index contributed by atoms with van der Waals surface area (Å²) in [6, 6.07) is 4.21. The lowest BCUT2D eigenvalue weighted by molar-refractivity contribution is 0.00521. The lowest BCUT2D eigenvalue weighted by Gasteiger charge is -2.15. The molecule has 1 rings (SSSR count). The third-order valence-corrected chi connectivity index (χ3v) is 2.51. The molecular formula is C8H7BrClF2N. The smallest absolute Gasteiger partial charge is 0.286 e. The summed E-state index contributed by atoms with van der Waals surface area (Å²) in [4.78, 5) is 0. The molecule has 0 aliphatic carbocycles. The number of benzene rings is 1. The van der Waals surface area contributed by atoms with Crippen molar-refractivity contribution in [2.75, 3.05) is 6.54 Å². The molecule has 72 valence electrons. The van der Waals surface area contributed by atoms with Crippen molar-refractivity contribution in [3.8, 4) is 0 Å². The summed E-state index contributed by atoms with van der Waals surface area (Å²) in [5.41, 5.74) is 4.77. The van der Waals surface area contributed by atoms with Gasteiger partial charge in [-0.2, -0.15) is 8.78 Å². The van der Waals surface area contributed by atoms with E-state index in [0.29, 0.717) is 4.47 Å². The van der Waals surface area contributed by atoms with E-state index >= 15 is 0 Å². The summed E-state index contributed by atoms with van der Waals surface area (Å²) in [7, 11) is 0. The van der Waals surface area contributed by atoms with Crippen LogP contribution in [0.1, 0.15) is 5.56 Å². The van der Waals surface area contributed by atoms with Crippen LogP contribution in [0.2, 0.25) is 5.02 Å². The molecule has 0 radical (unpaired) electrons. The van der Waals surface area contributed by atoms with E-state index in [-0.39, 0.29) is 10.6 Å². The largest absolute Gasteiger partial charge is 0.325 e. The Hall–Kier alpha value is -0.190. The third-order valence-electron chi connectivity index (χ3n) is 1.58. The van der Waals surface area contributed by atoms with Crippen molar-refractivity contribution in [2.45, 2.75) is 5.92 Å². The molecule has 5 heteroatoms. The van der Waals surface area contributed by atoms with E-state index in [9.17, 15) is 8.78 Å². The fraction of sp³-hybridized carbons (Fsp3) is 0.250. The number of alkyl halides is 2. The number of hydrogen-bond donors (Lipinski definition) is 1. The molecule has 1 aromatic rings. The average molecular weight is 271 g/mol. The Morgan fingerprint density at radius 2 is 2.08 bits per heavy atom. The van der Waals surface area contributed by atoms with Gasteiger partial charge in [-0.1, -0.05) is 27.5 Å². The second-order valence-electron chi connectivity index (χ2n) is 2.53. The van der Waals surface area contributed by atoms with Crippen molar-refractivity contribution in [2.24, 2.45) is 5.73 Å². The van der Waals surface area contributed by atoms with Crippen LogP contribution in [0, 0.1) is 0 Å². The Kier molecular flexibility index (Phi) is 3.27. The minimum absolute atomic E-state index is 0.178. The maximum Gasteiger partial charge on any atom is 0.286 e. The van der Waals surface area contributed by atoms with Crippen molar-refractivity contribution in [3.63, 3.8) is 0 Å². The molecule has 0 amide bonds. The van der Waals surface area contributed by atoms with Gasteiger partial charge in [0.15, 0.2) is 0 Å². The second-order valence-corrected chi connectivity index (χ2v) is 3.82. The Morgan fingerprint density at radius 1 is 1.46 bits per heavy atom. The summed E-state index contributed by atoms with van der Waals surface area (Å²) in [6.07, 6.45) is 0. The fourth-order valence-corrected chi connectivity index (χ4v) is 1.60. The molecular weight excluding hydrogens is 263 g/mol. The van der Waals surface area contributed by atoms with Crippen molar-refractivity contribution >= 4 is 27.5 Å². The molecule has 1 nitrogen and oxygen atoms in total. The minimum Gasteiger partial charge on any atom is -0.325 e. The molecule has 0 aromatic heterocycles. The Balaban J connectivity index is 3.20. The Labute approximate surface area is 88.0 Å². The van der Waals surface area contributed by atoms with Crippen LogP contribution in [0.5, 0.6) is 0 Å². The van der Waals surface area contributed by atoms with E-state index in [2.05, 4.69) is 15.9 Å². The molecule has 0 spiro atoms. The number of nitrogens with two attached hydrogens (primary N) is 1. The van der Waals surface area contributed by atoms with E-state index in [1.165, 1.54) is 18.2 Å². The van der Waals surface area contributed by atoms with Crippen LogP contribution in [0.3, 0.4) is 0 Å². The van der Waals surface area contributed by atoms with Gasteiger partial charge in [0.2, 0.25) is 0 Å². The van der Waals surface area contributed by atoms with Crippen molar-refractivity contribution in [1.29, 1.82) is 0 Å². The van der Waals surface area contributed by atoms with Crippen LogP contribution in [-0.2, 0) is 5.92 Å². The van der Waals surface area contributed by atoms with Gasteiger partial charge in [0.25, 0.3) is 5.92 Å². The number of rotatable bonds is 2. The van der Waals surface area contributed by atoms with E-state index in [4.69, 9.17) is 17.3 Å². The molecule has 0 saturated heterocycles. The normalized spacial score (nSPS) is 11.8. The zero-order valence-corrected chi connectivity index (χ0v) is 8.87. The highest BCUT2D eigenvalue weighted by Crippen LogP contribution is 2.34. The van der Waals surface area contributed by atoms with Crippen LogP contribution >= 0.6 is 27.5 Å². The van der Waals surface area contributed by atoms with Crippen LogP contribution in [0.25, 0.3) is 0 Å². The highest BCUT2D eigenvalue weighted by Gasteiger charge is 2.31. The first-order valence-corrected chi connectivity index (χ1v) is 4.68. The van der Waals surface area contributed by atoms with Gasteiger partial charge in [-0.3, -0.25) is 0 Å². The quantitative estimate of drug-likeness (QED) is 0.878. The third kappa shape index (κ3) is 2.39. The molecule has 0 heterocycles. The number of hydrogen-bond acceptors (Lipinski definition) is 1. The second kappa shape index (κ2) is 3.90. The van der Waals surface area contributed by atoms with E-state index in [1.54, 1.807) is 0 Å². The summed E-state index contributed by atoms with van der Waals surface area (Å²) in [6.45, 7) is -0.730. The van der Waals surface area contributed by atoms with Crippen molar-refractivity contribution < 1.29 is 8.78 Å². The molecule has 1 aromatic carbocycles. The molecule has 0 atom stereocenters. The van der Waals surface area contributed by atoms with Gasteiger partial charge in [0.05, 0.1) is 6.54 Å². The number of halogens is 4. The van der Waals surface area contributed by atoms with Gasteiger partial charge in [-0.05, 0) is 18.2 Å². The molecule has 0 saturated carbocycles. The molecule has 0 aliphatic rings. The SMILES string of the molecule is NCC(F)(F)c1cc(Cl)ccc1Br. The molecule has 2 N–H and O–H groups in total. The predicted octanol–water partition coefficient (Wildman–Crippen LogP) is 3.15. The fourth-order valence-electron chi connectivity index (χ4n) is 0.888. The molecule has 0 bridgehead atoms.